The van der Waals surface area contributed by atoms with Crippen LogP contribution in [0.15, 0.2) is 84.0 Å². The molecule has 0 aliphatic rings. The second-order valence-electron chi connectivity index (χ2n) is 7.34. The molecule has 4 rings (SSSR count). The number of carbonyl (C=O) groups is 1. The summed E-state index contributed by atoms with van der Waals surface area (Å²) >= 11 is 1.17. The standard InChI is InChI=1S/C25H24FN5O3S/c1-2-33-21-11-7-6-10-20(21)28-24(32)23(17-8-4-3-5-9-17)35-25-30-29-22(31(25)27)16-34-19-14-12-18(26)13-15-19/h3-15,23H,2,16,27H2,1H3,(H,28,32). The molecule has 35 heavy (non-hydrogen) atoms. The average Bonchev–Trinajstić information content (AvgIpc) is 3.23. The summed E-state index contributed by atoms with van der Waals surface area (Å²) in [5.41, 5.74) is 1.35. The van der Waals surface area contributed by atoms with Crippen molar-refractivity contribution in [2.24, 2.45) is 0 Å². The van der Waals surface area contributed by atoms with Crippen molar-refractivity contribution in [2.75, 3.05) is 17.8 Å². The lowest BCUT2D eigenvalue weighted by Gasteiger charge is -2.18. The molecule has 4 aromatic rings. The maximum Gasteiger partial charge on any atom is 0.242 e. The number of nitrogens with two attached hydrogens (primary N) is 1. The van der Waals surface area contributed by atoms with Gasteiger partial charge in [0.25, 0.3) is 0 Å². The summed E-state index contributed by atoms with van der Waals surface area (Å²) < 4.78 is 25.6. The minimum Gasteiger partial charge on any atom is -0.492 e. The molecule has 10 heteroatoms. The highest BCUT2D eigenvalue weighted by Gasteiger charge is 2.26. The molecule has 0 saturated heterocycles. The summed E-state index contributed by atoms with van der Waals surface area (Å²) in [6.07, 6.45) is 0. The largest absolute Gasteiger partial charge is 0.492 e. The lowest BCUT2D eigenvalue weighted by molar-refractivity contribution is -0.115. The molecule has 180 valence electrons. The van der Waals surface area contributed by atoms with E-state index in [1.807, 2.05) is 49.4 Å². The fraction of sp³-hybridized carbons (Fsp3) is 0.160. The number of hydrogen-bond donors (Lipinski definition) is 2. The van der Waals surface area contributed by atoms with Crippen LogP contribution in [0.2, 0.25) is 0 Å². The summed E-state index contributed by atoms with van der Waals surface area (Å²) in [6.45, 7) is 2.38. The number of carbonyl (C=O) groups excluding carboxylic acids is 1. The van der Waals surface area contributed by atoms with Crippen LogP contribution in [0.5, 0.6) is 11.5 Å². The van der Waals surface area contributed by atoms with Crippen molar-refractivity contribution in [3.05, 3.63) is 96.1 Å². The Bertz CT molecular complexity index is 1270. The number of aromatic nitrogens is 3. The van der Waals surface area contributed by atoms with Crippen LogP contribution in [-0.2, 0) is 11.4 Å². The van der Waals surface area contributed by atoms with Crippen LogP contribution in [0.1, 0.15) is 23.6 Å². The van der Waals surface area contributed by atoms with Crippen LogP contribution in [0, 0.1) is 5.82 Å². The first kappa shape index (κ1) is 24.1. The zero-order valence-corrected chi connectivity index (χ0v) is 19.7. The second-order valence-corrected chi connectivity index (χ2v) is 8.41. The number of nitrogens with one attached hydrogen (secondary N) is 1. The zero-order valence-electron chi connectivity index (χ0n) is 18.9. The number of benzene rings is 3. The quantitative estimate of drug-likeness (QED) is 0.246. The third-order valence-corrected chi connectivity index (χ3v) is 6.14. The van der Waals surface area contributed by atoms with Gasteiger partial charge in [0, 0.05) is 0 Å². The molecule has 3 N–H and O–H groups in total. The van der Waals surface area contributed by atoms with E-state index >= 15 is 0 Å². The lowest BCUT2D eigenvalue weighted by Crippen LogP contribution is -2.21. The molecule has 1 amide bonds. The Balaban J connectivity index is 1.52. The van der Waals surface area contributed by atoms with Crippen molar-refractivity contribution >= 4 is 23.4 Å². The van der Waals surface area contributed by atoms with Gasteiger partial charge < -0.3 is 20.6 Å². The molecule has 0 bridgehead atoms. The number of hydrogen-bond acceptors (Lipinski definition) is 7. The van der Waals surface area contributed by atoms with Gasteiger partial charge in [-0.15, -0.1) is 10.2 Å². The zero-order chi connectivity index (χ0) is 24.6. The Hall–Kier alpha value is -4.05. The van der Waals surface area contributed by atoms with Gasteiger partial charge in [-0.05, 0) is 48.9 Å². The molecule has 0 saturated carbocycles. The smallest absolute Gasteiger partial charge is 0.242 e. The SMILES string of the molecule is CCOc1ccccc1NC(=O)C(Sc1nnc(COc2ccc(F)cc2)n1N)c1ccccc1. The normalized spacial score (nSPS) is 11.6. The van der Waals surface area contributed by atoms with E-state index in [-0.39, 0.29) is 18.3 Å². The van der Waals surface area contributed by atoms with Gasteiger partial charge in [-0.25, -0.2) is 9.07 Å². The summed E-state index contributed by atoms with van der Waals surface area (Å²) in [4.78, 5) is 13.4. The highest BCUT2D eigenvalue weighted by Crippen LogP contribution is 2.36. The summed E-state index contributed by atoms with van der Waals surface area (Å²) in [7, 11) is 0. The van der Waals surface area contributed by atoms with E-state index in [2.05, 4.69) is 15.5 Å². The maximum absolute atomic E-state index is 13.4. The van der Waals surface area contributed by atoms with E-state index in [0.717, 1.165) is 5.56 Å². The number of amides is 1. The molecule has 0 spiro atoms. The first-order valence-corrected chi connectivity index (χ1v) is 11.7. The lowest BCUT2D eigenvalue weighted by atomic mass is 10.1. The molecule has 3 aromatic carbocycles. The highest BCUT2D eigenvalue weighted by molar-refractivity contribution is 8.00. The molecule has 8 nitrogen and oxygen atoms in total. The van der Waals surface area contributed by atoms with E-state index in [1.54, 1.807) is 12.1 Å². The van der Waals surface area contributed by atoms with Crippen molar-refractivity contribution in [3.63, 3.8) is 0 Å². The molecule has 1 atom stereocenters. The molecular formula is C25H24FN5O3S. The Morgan fingerprint density at radius 1 is 1.03 bits per heavy atom. The fourth-order valence-electron chi connectivity index (χ4n) is 3.22. The van der Waals surface area contributed by atoms with Crippen molar-refractivity contribution < 1.29 is 18.7 Å². The van der Waals surface area contributed by atoms with Gasteiger partial charge in [0.2, 0.25) is 11.1 Å². The summed E-state index contributed by atoms with van der Waals surface area (Å²) in [5, 5.41) is 10.9. The molecule has 0 aliphatic heterocycles. The Kier molecular flexibility index (Phi) is 7.84. The Morgan fingerprint density at radius 3 is 2.49 bits per heavy atom. The highest BCUT2D eigenvalue weighted by atomic mass is 32.2. The number of thioether (sulfide) groups is 1. The second kappa shape index (κ2) is 11.4. The van der Waals surface area contributed by atoms with Gasteiger partial charge >= 0.3 is 0 Å². The maximum atomic E-state index is 13.4. The molecule has 0 fully saturated rings. The van der Waals surface area contributed by atoms with E-state index in [0.29, 0.717) is 34.8 Å². The third-order valence-electron chi connectivity index (χ3n) is 4.93. The van der Waals surface area contributed by atoms with Crippen LogP contribution in [0.25, 0.3) is 0 Å². The minimum atomic E-state index is -0.664. The van der Waals surface area contributed by atoms with Crippen LogP contribution < -0.4 is 20.6 Å². The van der Waals surface area contributed by atoms with Gasteiger partial charge in [0.15, 0.2) is 5.82 Å². The van der Waals surface area contributed by atoms with Gasteiger partial charge in [0.1, 0.15) is 29.2 Å². The summed E-state index contributed by atoms with van der Waals surface area (Å²) in [6, 6.07) is 22.2. The minimum absolute atomic E-state index is 0.0274. The number of rotatable bonds is 10. The molecule has 1 heterocycles. The Morgan fingerprint density at radius 2 is 1.74 bits per heavy atom. The first-order chi connectivity index (χ1) is 17.0. The van der Waals surface area contributed by atoms with Gasteiger partial charge in [-0.2, -0.15) is 0 Å². The molecule has 0 radical (unpaired) electrons. The molecule has 1 aromatic heterocycles. The van der Waals surface area contributed by atoms with Crippen molar-refractivity contribution in [2.45, 2.75) is 23.9 Å². The van der Waals surface area contributed by atoms with Crippen molar-refractivity contribution in [1.29, 1.82) is 0 Å². The van der Waals surface area contributed by atoms with Crippen molar-refractivity contribution in [3.8, 4) is 11.5 Å². The predicted molar refractivity (Wildman–Crippen MR) is 132 cm³/mol. The predicted octanol–water partition coefficient (Wildman–Crippen LogP) is 4.58. The van der Waals surface area contributed by atoms with Gasteiger partial charge in [0.05, 0.1) is 12.3 Å². The monoisotopic (exact) mass is 493 g/mol. The number of para-hydroxylation sites is 2. The van der Waals surface area contributed by atoms with E-state index < -0.39 is 5.25 Å². The summed E-state index contributed by atoms with van der Waals surface area (Å²) in [5.74, 6) is 7.00. The number of halogens is 1. The molecule has 0 aliphatic carbocycles. The van der Waals surface area contributed by atoms with E-state index in [9.17, 15) is 9.18 Å². The Labute approximate surface area is 206 Å². The number of nitrogen functional groups attached to an aromatic ring is 1. The van der Waals surface area contributed by atoms with Crippen LogP contribution >= 0.6 is 11.8 Å². The number of ether oxygens (including phenoxy) is 2. The molecular weight excluding hydrogens is 469 g/mol. The van der Waals surface area contributed by atoms with Gasteiger partial charge in [-0.1, -0.05) is 54.2 Å². The first-order valence-electron chi connectivity index (χ1n) is 10.9. The number of nitrogens with zero attached hydrogens (tertiary/aromatic N) is 3. The van der Waals surface area contributed by atoms with Gasteiger partial charge in [-0.3, -0.25) is 4.79 Å². The fourth-order valence-corrected chi connectivity index (χ4v) is 4.20. The van der Waals surface area contributed by atoms with Crippen molar-refractivity contribution in [1.82, 2.24) is 14.9 Å². The van der Waals surface area contributed by atoms with E-state index in [4.69, 9.17) is 15.3 Å². The van der Waals surface area contributed by atoms with Crippen LogP contribution in [0.4, 0.5) is 10.1 Å². The third kappa shape index (κ3) is 6.10. The molecule has 1 unspecified atom stereocenters. The number of anilines is 1. The van der Waals surface area contributed by atoms with Crippen LogP contribution in [0.3, 0.4) is 0 Å². The van der Waals surface area contributed by atoms with E-state index in [1.165, 1.54) is 40.7 Å². The topological polar surface area (TPSA) is 104 Å². The van der Waals surface area contributed by atoms with Crippen LogP contribution in [-0.4, -0.2) is 27.4 Å². The average molecular weight is 494 g/mol.